The molecule has 1 aromatic rings. The standard InChI is InChI=1S/C18H28N2O/c1-18(2,20-9-11-21-12-10-20)14-19-13-15-3-5-16(6-4-15)17-7-8-17/h3-6,17,19H,7-14H2,1-2H3. The molecule has 2 aliphatic rings. The Hall–Kier alpha value is -0.900. The highest BCUT2D eigenvalue weighted by atomic mass is 16.5. The number of ether oxygens (including phenoxy) is 1. The molecule has 1 aliphatic carbocycles. The lowest BCUT2D eigenvalue weighted by atomic mass is 10.0. The van der Waals surface area contributed by atoms with Gasteiger partial charge in [-0.25, -0.2) is 0 Å². The monoisotopic (exact) mass is 288 g/mol. The molecule has 0 radical (unpaired) electrons. The van der Waals surface area contributed by atoms with Crippen molar-refractivity contribution >= 4 is 0 Å². The lowest BCUT2D eigenvalue weighted by molar-refractivity contribution is -0.00966. The second kappa shape index (κ2) is 6.47. The molecule has 3 rings (SSSR count). The van der Waals surface area contributed by atoms with E-state index in [2.05, 4.69) is 48.3 Å². The minimum absolute atomic E-state index is 0.192. The van der Waals surface area contributed by atoms with Gasteiger partial charge in [-0.2, -0.15) is 0 Å². The molecule has 0 spiro atoms. The highest BCUT2D eigenvalue weighted by Gasteiger charge is 2.27. The maximum absolute atomic E-state index is 5.44. The molecular weight excluding hydrogens is 260 g/mol. The third-order valence-electron chi connectivity index (χ3n) is 4.78. The van der Waals surface area contributed by atoms with Crippen molar-refractivity contribution in [2.45, 2.75) is 44.7 Å². The first-order chi connectivity index (χ1) is 10.1. The summed E-state index contributed by atoms with van der Waals surface area (Å²) in [5.74, 6) is 0.854. The van der Waals surface area contributed by atoms with Crippen LogP contribution in [0, 0.1) is 0 Å². The maximum Gasteiger partial charge on any atom is 0.0594 e. The van der Waals surface area contributed by atoms with Gasteiger partial charge in [0.25, 0.3) is 0 Å². The summed E-state index contributed by atoms with van der Waals surface area (Å²) in [6.07, 6.45) is 2.76. The van der Waals surface area contributed by atoms with Crippen molar-refractivity contribution in [2.75, 3.05) is 32.8 Å². The molecule has 0 amide bonds. The number of morpholine rings is 1. The Balaban J connectivity index is 1.45. The zero-order valence-corrected chi connectivity index (χ0v) is 13.4. The van der Waals surface area contributed by atoms with Crippen LogP contribution in [-0.2, 0) is 11.3 Å². The van der Waals surface area contributed by atoms with E-state index in [0.29, 0.717) is 0 Å². The average molecular weight is 288 g/mol. The number of nitrogens with zero attached hydrogens (tertiary/aromatic N) is 1. The first kappa shape index (κ1) is 15.0. The summed E-state index contributed by atoms with van der Waals surface area (Å²) in [5, 5.41) is 3.62. The van der Waals surface area contributed by atoms with Crippen molar-refractivity contribution < 1.29 is 4.74 Å². The van der Waals surface area contributed by atoms with E-state index in [0.717, 1.165) is 45.3 Å². The molecule has 1 saturated carbocycles. The molecule has 1 heterocycles. The SMILES string of the molecule is CC(C)(CNCc1ccc(C2CC2)cc1)N1CCOCC1. The molecule has 1 aliphatic heterocycles. The van der Waals surface area contributed by atoms with E-state index in [9.17, 15) is 0 Å². The normalized spacial score (nSPS) is 20.7. The Kier molecular flexibility index (Phi) is 4.63. The highest BCUT2D eigenvalue weighted by molar-refractivity contribution is 5.27. The van der Waals surface area contributed by atoms with Crippen molar-refractivity contribution in [3.8, 4) is 0 Å². The quantitative estimate of drug-likeness (QED) is 0.871. The summed E-state index contributed by atoms with van der Waals surface area (Å²) >= 11 is 0. The summed E-state index contributed by atoms with van der Waals surface area (Å²) in [4.78, 5) is 2.53. The molecule has 3 nitrogen and oxygen atoms in total. The molecule has 0 bridgehead atoms. The van der Waals surface area contributed by atoms with Crippen molar-refractivity contribution in [1.29, 1.82) is 0 Å². The third-order valence-corrected chi connectivity index (χ3v) is 4.78. The Morgan fingerprint density at radius 1 is 1.14 bits per heavy atom. The molecule has 2 fully saturated rings. The number of rotatable bonds is 6. The zero-order valence-electron chi connectivity index (χ0n) is 13.4. The van der Waals surface area contributed by atoms with Gasteiger partial charge in [-0.05, 0) is 43.7 Å². The van der Waals surface area contributed by atoms with Crippen LogP contribution in [0.4, 0.5) is 0 Å². The Morgan fingerprint density at radius 3 is 2.43 bits per heavy atom. The van der Waals surface area contributed by atoms with E-state index in [1.807, 2.05) is 0 Å². The van der Waals surface area contributed by atoms with Gasteiger partial charge in [-0.15, -0.1) is 0 Å². The highest BCUT2D eigenvalue weighted by Crippen LogP contribution is 2.39. The molecule has 0 aromatic heterocycles. The molecule has 116 valence electrons. The van der Waals surface area contributed by atoms with Crippen LogP contribution in [-0.4, -0.2) is 43.3 Å². The minimum Gasteiger partial charge on any atom is -0.379 e. The lowest BCUT2D eigenvalue weighted by Gasteiger charge is -2.41. The minimum atomic E-state index is 0.192. The smallest absolute Gasteiger partial charge is 0.0594 e. The number of nitrogens with one attached hydrogen (secondary N) is 1. The second-order valence-electron chi connectivity index (χ2n) is 7.03. The van der Waals surface area contributed by atoms with Gasteiger partial charge in [-0.3, -0.25) is 4.90 Å². The van der Waals surface area contributed by atoms with Gasteiger partial charge in [0.2, 0.25) is 0 Å². The van der Waals surface area contributed by atoms with Gasteiger partial charge in [0, 0.05) is 31.7 Å². The van der Waals surface area contributed by atoms with E-state index < -0.39 is 0 Å². The van der Waals surface area contributed by atoms with Crippen molar-refractivity contribution in [1.82, 2.24) is 10.2 Å². The van der Waals surface area contributed by atoms with Gasteiger partial charge in [0.05, 0.1) is 13.2 Å². The number of hydrogen-bond acceptors (Lipinski definition) is 3. The summed E-state index contributed by atoms with van der Waals surface area (Å²) < 4.78 is 5.44. The summed E-state index contributed by atoms with van der Waals surface area (Å²) in [7, 11) is 0. The predicted molar refractivity (Wildman–Crippen MR) is 86.6 cm³/mol. The fourth-order valence-corrected chi connectivity index (χ4v) is 3.12. The van der Waals surface area contributed by atoms with Crippen LogP contribution in [0.2, 0.25) is 0 Å². The zero-order chi connectivity index (χ0) is 14.7. The molecule has 3 heteroatoms. The Morgan fingerprint density at radius 2 is 1.81 bits per heavy atom. The predicted octanol–water partition coefficient (Wildman–Crippen LogP) is 2.76. The van der Waals surface area contributed by atoms with E-state index in [1.165, 1.54) is 24.0 Å². The van der Waals surface area contributed by atoms with Crippen LogP contribution in [0.3, 0.4) is 0 Å². The summed E-state index contributed by atoms with van der Waals surface area (Å²) in [5.41, 5.74) is 3.10. The van der Waals surface area contributed by atoms with Gasteiger partial charge in [0.15, 0.2) is 0 Å². The van der Waals surface area contributed by atoms with E-state index in [4.69, 9.17) is 4.74 Å². The molecule has 1 N–H and O–H groups in total. The van der Waals surface area contributed by atoms with E-state index in [1.54, 1.807) is 0 Å². The molecule has 1 saturated heterocycles. The first-order valence-corrected chi connectivity index (χ1v) is 8.27. The second-order valence-corrected chi connectivity index (χ2v) is 7.03. The summed E-state index contributed by atoms with van der Waals surface area (Å²) in [6.45, 7) is 10.4. The number of benzene rings is 1. The third kappa shape index (κ3) is 4.06. The van der Waals surface area contributed by atoms with Crippen LogP contribution >= 0.6 is 0 Å². The summed E-state index contributed by atoms with van der Waals surface area (Å²) in [6, 6.07) is 9.17. The maximum atomic E-state index is 5.44. The van der Waals surface area contributed by atoms with E-state index in [-0.39, 0.29) is 5.54 Å². The van der Waals surface area contributed by atoms with Gasteiger partial charge < -0.3 is 10.1 Å². The van der Waals surface area contributed by atoms with Gasteiger partial charge in [-0.1, -0.05) is 24.3 Å². The number of hydrogen-bond donors (Lipinski definition) is 1. The molecule has 21 heavy (non-hydrogen) atoms. The van der Waals surface area contributed by atoms with E-state index >= 15 is 0 Å². The van der Waals surface area contributed by atoms with Gasteiger partial charge >= 0.3 is 0 Å². The molecule has 0 unspecified atom stereocenters. The van der Waals surface area contributed by atoms with Crippen molar-refractivity contribution in [3.05, 3.63) is 35.4 Å². The fourth-order valence-electron chi connectivity index (χ4n) is 3.12. The average Bonchev–Trinajstić information content (AvgIpc) is 3.33. The van der Waals surface area contributed by atoms with Crippen LogP contribution < -0.4 is 5.32 Å². The van der Waals surface area contributed by atoms with Crippen molar-refractivity contribution in [3.63, 3.8) is 0 Å². The van der Waals surface area contributed by atoms with Crippen molar-refractivity contribution in [2.24, 2.45) is 0 Å². The first-order valence-electron chi connectivity index (χ1n) is 8.27. The van der Waals surface area contributed by atoms with Crippen LogP contribution in [0.5, 0.6) is 0 Å². The Bertz CT molecular complexity index is 445. The topological polar surface area (TPSA) is 24.5 Å². The van der Waals surface area contributed by atoms with Crippen LogP contribution in [0.25, 0.3) is 0 Å². The van der Waals surface area contributed by atoms with Crippen LogP contribution in [0.1, 0.15) is 43.7 Å². The molecule has 0 atom stereocenters. The lowest BCUT2D eigenvalue weighted by Crippen LogP contribution is -2.54. The largest absolute Gasteiger partial charge is 0.379 e. The van der Waals surface area contributed by atoms with Crippen LogP contribution in [0.15, 0.2) is 24.3 Å². The molecular formula is C18H28N2O. The Labute approximate surface area is 128 Å². The molecule has 1 aromatic carbocycles. The van der Waals surface area contributed by atoms with Gasteiger partial charge in [0.1, 0.15) is 0 Å². The fraction of sp³-hybridized carbons (Fsp3) is 0.667.